The van der Waals surface area contributed by atoms with Crippen molar-refractivity contribution in [1.29, 1.82) is 0 Å². The van der Waals surface area contributed by atoms with E-state index in [-0.39, 0.29) is 18.4 Å². The third-order valence-corrected chi connectivity index (χ3v) is 6.99. The molecule has 2 amide bonds. The summed E-state index contributed by atoms with van der Waals surface area (Å²) in [6, 6.07) is 11.4. The van der Waals surface area contributed by atoms with Crippen molar-refractivity contribution in [3.8, 4) is 11.5 Å². The normalized spacial score (nSPS) is 14.3. The number of aromatic nitrogens is 2. The lowest BCUT2D eigenvalue weighted by Gasteiger charge is -2.32. The van der Waals surface area contributed by atoms with Crippen molar-refractivity contribution in [3.63, 3.8) is 0 Å². The van der Waals surface area contributed by atoms with Crippen molar-refractivity contribution in [2.24, 2.45) is 0 Å². The molecule has 1 saturated heterocycles. The molecule has 1 aliphatic heterocycles. The number of rotatable bonds is 12. The molecule has 0 saturated carbocycles. The lowest BCUT2D eigenvalue weighted by atomic mass is 10.2. The van der Waals surface area contributed by atoms with Crippen LogP contribution in [-0.4, -0.2) is 85.4 Å². The van der Waals surface area contributed by atoms with Crippen LogP contribution in [0.5, 0.6) is 11.5 Å². The molecule has 1 aliphatic rings. The molecule has 4 rings (SSSR count). The van der Waals surface area contributed by atoms with Gasteiger partial charge in [-0.2, -0.15) is 0 Å². The smallest absolute Gasteiger partial charge is 0.322 e. The number of halogens is 1. The zero-order chi connectivity index (χ0) is 27.6. The maximum absolute atomic E-state index is 13.5. The molecule has 0 bridgehead atoms. The fourth-order valence-electron chi connectivity index (χ4n) is 4.51. The van der Waals surface area contributed by atoms with Gasteiger partial charge in [-0.05, 0) is 50.2 Å². The Morgan fingerprint density at radius 2 is 1.85 bits per heavy atom. The van der Waals surface area contributed by atoms with E-state index >= 15 is 0 Å². The molecule has 0 radical (unpaired) electrons. The third kappa shape index (κ3) is 8.18. The van der Waals surface area contributed by atoms with Crippen LogP contribution in [0.4, 0.5) is 14.9 Å². The first-order valence-electron chi connectivity index (χ1n) is 13.4. The van der Waals surface area contributed by atoms with Gasteiger partial charge in [0.2, 0.25) is 0 Å². The standard InChI is InChI=1S/C29H39FN6O3/c1-23-20-31-22-35(23)12-4-11-32-29(37)36(21-24-5-7-25(30)8-6-24)26-9-10-27(28(19-26)38-3)39-18-17-34-15-13-33(2)14-16-34/h5-10,19-20,22H,4,11-18,21H2,1-3H3,(H,32,37). The van der Waals surface area contributed by atoms with Gasteiger partial charge in [-0.15, -0.1) is 0 Å². The quantitative estimate of drug-likeness (QED) is 0.354. The minimum Gasteiger partial charge on any atom is -0.493 e. The van der Waals surface area contributed by atoms with E-state index in [1.165, 1.54) is 12.1 Å². The largest absolute Gasteiger partial charge is 0.493 e. The molecule has 2 aromatic carbocycles. The number of anilines is 1. The molecule has 39 heavy (non-hydrogen) atoms. The second-order valence-corrected chi connectivity index (χ2v) is 9.86. The predicted molar refractivity (Wildman–Crippen MR) is 150 cm³/mol. The summed E-state index contributed by atoms with van der Waals surface area (Å²) in [5.41, 5.74) is 2.55. The lowest BCUT2D eigenvalue weighted by Crippen LogP contribution is -2.45. The van der Waals surface area contributed by atoms with Crippen molar-refractivity contribution in [2.45, 2.75) is 26.4 Å². The van der Waals surface area contributed by atoms with Crippen molar-refractivity contribution < 1.29 is 18.7 Å². The number of aryl methyl sites for hydroxylation is 2. The second-order valence-electron chi connectivity index (χ2n) is 9.86. The van der Waals surface area contributed by atoms with Crippen molar-refractivity contribution in [1.82, 2.24) is 24.7 Å². The zero-order valence-electron chi connectivity index (χ0n) is 23.1. The van der Waals surface area contributed by atoms with Gasteiger partial charge in [0.25, 0.3) is 0 Å². The van der Waals surface area contributed by atoms with E-state index in [9.17, 15) is 9.18 Å². The highest BCUT2D eigenvalue weighted by atomic mass is 19.1. The lowest BCUT2D eigenvalue weighted by molar-refractivity contribution is 0.133. The highest BCUT2D eigenvalue weighted by molar-refractivity contribution is 5.92. The van der Waals surface area contributed by atoms with E-state index in [1.54, 1.807) is 30.5 Å². The maximum Gasteiger partial charge on any atom is 0.322 e. The molecular weight excluding hydrogens is 499 g/mol. The summed E-state index contributed by atoms with van der Waals surface area (Å²) in [5.74, 6) is 0.871. The topological polar surface area (TPSA) is 75.1 Å². The molecule has 210 valence electrons. The van der Waals surface area contributed by atoms with Gasteiger partial charge in [0.05, 0.1) is 20.0 Å². The molecule has 1 aromatic heterocycles. The number of urea groups is 1. The Labute approximate surface area is 230 Å². The first kappa shape index (κ1) is 28.4. The van der Waals surface area contributed by atoms with Crippen molar-refractivity contribution in [2.75, 3.05) is 64.9 Å². The number of carbonyl (C=O) groups is 1. The number of hydrogen-bond acceptors (Lipinski definition) is 6. The summed E-state index contributed by atoms with van der Waals surface area (Å²) in [6.45, 7) is 9.13. The second kappa shape index (κ2) is 14.0. The molecular formula is C29H39FN6O3. The van der Waals surface area contributed by atoms with E-state index in [2.05, 4.69) is 31.7 Å². The molecule has 3 aromatic rings. The van der Waals surface area contributed by atoms with Gasteiger partial charge in [0.15, 0.2) is 11.5 Å². The summed E-state index contributed by atoms with van der Waals surface area (Å²) in [5, 5.41) is 3.02. The van der Waals surface area contributed by atoms with Crippen LogP contribution in [0, 0.1) is 12.7 Å². The van der Waals surface area contributed by atoms with Crippen LogP contribution in [-0.2, 0) is 13.1 Å². The number of methoxy groups -OCH3 is 1. The molecule has 10 heteroatoms. The number of imidazole rings is 1. The molecule has 0 unspecified atom stereocenters. The SMILES string of the molecule is COc1cc(N(Cc2ccc(F)cc2)C(=O)NCCCn2cncc2C)ccc1OCCN1CCN(C)CC1. The molecule has 1 N–H and O–H groups in total. The molecule has 0 atom stereocenters. The monoisotopic (exact) mass is 538 g/mol. The van der Waals surface area contributed by atoms with Crippen LogP contribution in [0.25, 0.3) is 0 Å². The Morgan fingerprint density at radius 3 is 2.54 bits per heavy atom. The summed E-state index contributed by atoms with van der Waals surface area (Å²) >= 11 is 0. The van der Waals surface area contributed by atoms with Gasteiger partial charge in [-0.25, -0.2) is 14.2 Å². The highest BCUT2D eigenvalue weighted by Crippen LogP contribution is 2.32. The minimum absolute atomic E-state index is 0.243. The average molecular weight is 539 g/mol. The fourth-order valence-corrected chi connectivity index (χ4v) is 4.51. The Morgan fingerprint density at radius 1 is 1.08 bits per heavy atom. The number of carbonyl (C=O) groups excluding carboxylic acids is 1. The van der Waals surface area contributed by atoms with Gasteiger partial charge in [0, 0.05) is 69.5 Å². The van der Waals surface area contributed by atoms with Gasteiger partial charge < -0.3 is 24.3 Å². The Hall–Kier alpha value is -3.63. The van der Waals surface area contributed by atoms with Gasteiger partial charge in [-0.3, -0.25) is 9.80 Å². The Bertz CT molecular complexity index is 1190. The fraction of sp³-hybridized carbons (Fsp3) is 0.448. The summed E-state index contributed by atoms with van der Waals surface area (Å²) in [7, 11) is 3.73. The van der Waals surface area contributed by atoms with Gasteiger partial charge in [-0.1, -0.05) is 12.1 Å². The number of hydrogen-bond donors (Lipinski definition) is 1. The first-order chi connectivity index (χ1) is 18.9. The highest BCUT2D eigenvalue weighted by Gasteiger charge is 2.19. The summed E-state index contributed by atoms with van der Waals surface area (Å²) in [6.07, 6.45) is 4.37. The van der Waals surface area contributed by atoms with Crippen LogP contribution >= 0.6 is 0 Å². The van der Waals surface area contributed by atoms with Gasteiger partial charge in [0.1, 0.15) is 12.4 Å². The van der Waals surface area contributed by atoms with Crippen LogP contribution in [0.3, 0.4) is 0 Å². The van der Waals surface area contributed by atoms with Crippen LogP contribution in [0.15, 0.2) is 55.0 Å². The third-order valence-electron chi connectivity index (χ3n) is 6.99. The first-order valence-corrected chi connectivity index (χ1v) is 13.4. The number of amides is 2. The Balaban J connectivity index is 1.41. The van der Waals surface area contributed by atoms with Crippen molar-refractivity contribution >= 4 is 11.7 Å². The number of nitrogens with zero attached hydrogens (tertiary/aromatic N) is 5. The van der Waals surface area contributed by atoms with E-state index in [0.29, 0.717) is 30.3 Å². The van der Waals surface area contributed by atoms with Crippen LogP contribution in [0.1, 0.15) is 17.7 Å². The molecule has 0 aliphatic carbocycles. The van der Waals surface area contributed by atoms with E-state index in [1.807, 2.05) is 31.3 Å². The average Bonchev–Trinajstić information content (AvgIpc) is 3.36. The predicted octanol–water partition coefficient (Wildman–Crippen LogP) is 3.77. The number of ether oxygens (including phenoxy) is 2. The minimum atomic E-state index is -0.315. The maximum atomic E-state index is 13.5. The van der Waals surface area contributed by atoms with Crippen molar-refractivity contribution in [3.05, 3.63) is 72.1 Å². The van der Waals surface area contributed by atoms with E-state index in [0.717, 1.165) is 56.9 Å². The molecule has 2 heterocycles. The number of benzene rings is 2. The van der Waals surface area contributed by atoms with E-state index < -0.39 is 0 Å². The number of likely N-dealkylation sites (N-methyl/N-ethyl adjacent to an activating group) is 1. The zero-order valence-corrected chi connectivity index (χ0v) is 23.1. The molecule has 0 spiro atoms. The van der Waals surface area contributed by atoms with Crippen LogP contribution < -0.4 is 19.7 Å². The molecule has 1 fully saturated rings. The Kier molecular flexibility index (Phi) is 10.2. The summed E-state index contributed by atoms with van der Waals surface area (Å²) < 4.78 is 27.2. The summed E-state index contributed by atoms with van der Waals surface area (Å²) in [4.78, 5) is 23.8. The molecule has 9 nitrogen and oxygen atoms in total. The van der Waals surface area contributed by atoms with Gasteiger partial charge >= 0.3 is 6.03 Å². The van der Waals surface area contributed by atoms with Crippen LogP contribution in [0.2, 0.25) is 0 Å². The van der Waals surface area contributed by atoms with E-state index in [4.69, 9.17) is 9.47 Å². The number of piperazine rings is 1. The number of nitrogens with one attached hydrogen (secondary N) is 1.